The standard InChI is InChI=1S/C66H41N3O/c1-2-13-47(14-3-1)68-60-21-8-4-15-52(60)57-39-45(31-38-63(57)68)42-25-32-48(33-26-42)67(50-36-29-44(30-37-50)51-19-12-20-56-55-18-7-11-24-64(55)70-66(51)56)49-34-27-43(28-35-49)46-40-58-53-16-5-9-22-61(53)69-62-23-10-6-17-54(62)59(41-46)65(58)69/h1-41H. The summed E-state index contributed by atoms with van der Waals surface area (Å²) in [7, 11) is 0. The number of para-hydroxylation sites is 6. The number of benzene rings is 11. The van der Waals surface area contributed by atoms with Crippen LogP contribution in [0, 0.1) is 0 Å². The van der Waals surface area contributed by atoms with Crippen LogP contribution in [0.4, 0.5) is 17.1 Å². The normalized spacial score (nSPS) is 12.0. The Morgan fingerprint density at radius 1 is 0.300 bits per heavy atom. The molecule has 0 N–H and O–H groups in total. The van der Waals surface area contributed by atoms with Gasteiger partial charge in [0, 0.05) is 71.4 Å². The fraction of sp³-hybridized carbons (Fsp3) is 0. The predicted octanol–water partition coefficient (Wildman–Crippen LogP) is 18.3. The van der Waals surface area contributed by atoms with Crippen molar-refractivity contribution in [1.82, 2.24) is 8.97 Å². The molecule has 0 atom stereocenters. The summed E-state index contributed by atoms with van der Waals surface area (Å²) in [4.78, 5) is 2.36. The molecule has 0 aliphatic heterocycles. The summed E-state index contributed by atoms with van der Waals surface area (Å²) in [5, 5.41) is 9.87. The third-order valence-electron chi connectivity index (χ3n) is 14.6. The number of nitrogens with zero attached hydrogens (tertiary/aromatic N) is 3. The molecule has 0 radical (unpaired) electrons. The second kappa shape index (κ2) is 15.1. The lowest BCUT2D eigenvalue weighted by Crippen LogP contribution is -2.09. The van der Waals surface area contributed by atoms with Crippen molar-refractivity contribution in [3.05, 3.63) is 249 Å². The SMILES string of the molecule is c1ccc(-n2c3ccccc3c3cc(-c4ccc(N(c5ccc(-c6cc7c8ccccc8n8c9ccccc9c(c6)c78)cc5)c5ccc(-c6cccc7c6oc6ccccc67)cc5)cc4)ccc32)cc1. The predicted molar refractivity (Wildman–Crippen MR) is 294 cm³/mol. The zero-order chi connectivity index (χ0) is 45.9. The Bertz CT molecular complexity index is 4420. The van der Waals surface area contributed by atoms with Crippen LogP contribution in [-0.4, -0.2) is 8.97 Å². The highest BCUT2D eigenvalue weighted by Gasteiger charge is 2.21. The number of hydrogen-bond donors (Lipinski definition) is 0. The molecule has 11 aromatic carbocycles. The van der Waals surface area contributed by atoms with Gasteiger partial charge in [0.25, 0.3) is 0 Å². The molecule has 0 aliphatic rings. The van der Waals surface area contributed by atoms with Gasteiger partial charge < -0.3 is 18.3 Å². The largest absolute Gasteiger partial charge is 0.455 e. The molecule has 15 rings (SSSR count). The highest BCUT2D eigenvalue weighted by Crippen LogP contribution is 2.44. The second-order valence-corrected chi connectivity index (χ2v) is 18.5. The summed E-state index contributed by atoms with van der Waals surface area (Å²) in [6.45, 7) is 0. The first-order valence-corrected chi connectivity index (χ1v) is 24.0. The van der Waals surface area contributed by atoms with Crippen LogP contribution in [0.25, 0.3) is 121 Å². The number of anilines is 3. The van der Waals surface area contributed by atoms with Crippen molar-refractivity contribution in [1.29, 1.82) is 0 Å². The molecule has 4 aromatic heterocycles. The van der Waals surface area contributed by atoms with Gasteiger partial charge in [0.1, 0.15) is 11.2 Å². The second-order valence-electron chi connectivity index (χ2n) is 18.5. The summed E-state index contributed by atoms with van der Waals surface area (Å²) in [5.74, 6) is 0. The van der Waals surface area contributed by atoms with Gasteiger partial charge in [-0.05, 0) is 125 Å². The Balaban J connectivity index is 0.839. The quantitative estimate of drug-likeness (QED) is 0.159. The Morgan fingerprint density at radius 3 is 1.41 bits per heavy atom. The first-order valence-electron chi connectivity index (χ1n) is 24.0. The van der Waals surface area contributed by atoms with Crippen molar-refractivity contribution < 1.29 is 4.42 Å². The van der Waals surface area contributed by atoms with Gasteiger partial charge in [-0.3, -0.25) is 0 Å². The van der Waals surface area contributed by atoms with Gasteiger partial charge in [-0.15, -0.1) is 0 Å². The maximum absolute atomic E-state index is 6.48. The fourth-order valence-corrected chi connectivity index (χ4v) is 11.4. The molecule has 326 valence electrons. The zero-order valence-electron chi connectivity index (χ0n) is 37.9. The fourth-order valence-electron chi connectivity index (χ4n) is 11.4. The molecule has 0 amide bonds. The minimum absolute atomic E-state index is 0.902. The topological polar surface area (TPSA) is 25.7 Å². The summed E-state index contributed by atoms with van der Waals surface area (Å²) in [6.07, 6.45) is 0. The van der Waals surface area contributed by atoms with Gasteiger partial charge in [-0.2, -0.15) is 0 Å². The molecule has 70 heavy (non-hydrogen) atoms. The van der Waals surface area contributed by atoms with Crippen LogP contribution in [0.15, 0.2) is 253 Å². The van der Waals surface area contributed by atoms with E-state index in [-0.39, 0.29) is 0 Å². The number of hydrogen-bond acceptors (Lipinski definition) is 2. The molecule has 4 heteroatoms. The average molecular weight is 892 g/mol. The smallest absolute Gasteiger partial charge is 0.143 e. The van der Waals surface area contributed by atoms with Gasteiger partial charge in [-0.1, -0.05) is 152 Å². The highest BCUT2D eigenvalue weighted by atomic mass is 16.3. The van der Waals surface area contributed by atoms with Crippen molar-refractivity contribution in [2.75, 3.05) is 4.90 Å². The van der Waals surface area contributed by atoms with E-state index in [1.54, 1.807) is 0 Å². The van der Waals surface area contributed by atoms with Crippen molar-refractivity contribution in [3.63, 3.8) is 0 Å². The van der Waals surface area contributed by atoms with Crippen molar-refractivity contribution in [3.8, 4) is 39.1 Å². The van der Waals surface area contributed by atoms with Crippen LogP contribution in [-0.2, 0) is 0 Å². The summed E-state index contributed by atoms with van der Waals surface area (Å²) in [6, 6.07) is 90.4. The maximum Gasteiger partial charge on any atom is 0.143 e. The van der Waals surface area contributed by atoms with Crippen molar-refractivity contribution in [2.45, 2.75) is 0 Å². The lowest BCUT2D eigenvalue weighted by Gasteiger charge is -2.26. The van der Waals surface area contributed by atoms with Gasteiger partial charge >= 0.3 is 0 Å². The van der Waals surface area contributed by atoms with Crippen LogP contribution >= 0.6 is 0 Å². The van der Waals surface area contributed by atoms with Crippen molar-refractivity contribution >= 4 is 98.9 Å². The number of furan rings is 1. The summed E-state index contributed by atoms with van der Waals surface area (Å²) in [5.41, 5.74) is 19.3. The lowest BCUT2D eigenvalue weighted by atomic mass is 9.98. The molecule has 0 aliphatic carbocycles. The van der Waals surface area contributed by atoms with Gasteiger partial charge in [0.05, 0.1) is 27.6 Å². The Hall–Kier alpha value is -9.38. The van der Waals surface area contributed by atoms with E-state index < -0.39 is 0 Å². The minimum Gasteiger partial charge on any atom is -0.455 e. The molecule has 0 saturated heterocycles. The van der Waals surface area contributed by atoms with Gasteiger partial charge in [0.15, 0.2) is 0 Å². The first-order chi connectivity index (χ1) is 34.7. The van der Waals surface area contributed by atoms with Crippen LogP contribution < -0.4 is 4.90 Å². The van der Waals surface area contributed by atoms with E-state index in [9.17, 15) is 0 Å². The molecule has 4 nitrogen and oxygen atoms in total. The molecular weight excluding hydrogens is 851 g/mol. The molecular formula is C66H41N3O. The van der Waals surface area contributed by atoms with E-state index in [1.165, 1.54) is 82.2 Å². The maximum atomic E-state index is 6.48. The van der Waals surface area contributed by atoms with E-state index in [2.05, 4.69) is 250 Å². The van der Waals surface area contributed by atoms with E-state index in [4.69, 9.17) is 4.42 Å². The van der Waals surface area contributed by atoms with Crippen molar-refractivity contribution in [2.24, 2.45) is 0 Å². The van der Waals surface area contributed by atoms with Gasteiger partial charge in [-0.25, -0.2) is 0 Å². The van der Waals surface area contributed by atoms with Crippen LogP contribution in [0.1, 0.15) is 0 Å². The van der Waals surface area contributed by atoms with E-state index in [1.807, 2.05) is 12.1 Å². The molecule has 4 heterocycles. The molecule has 0 saturated carbocycles. The third kappa shape index (κ3) is 5.77. The van der Waals surface area contributed by atoms with Crippen LogP contribution in [0.5, 0.6) is 0 Å². The monoisotopic (exact) mass is 891 g/mol. The summed E-state index contributed by atoms with van der Waals surface area (Å²) < 4.78 is 11.3. The van der Waals surface area contributed by atoms with Crippen LogP contribution in [0.2, 0.25) is 0 Å². The number of aromatic nitrogens is 2. The highest BCUT2D eigenvalue weighted by molar-refractivity contribution is 6.24. The van der Waals surface area contributed by atoms with Gasteiger partial charge in [0.2, 0.25) is 0 Å². The average Bonchev–Trinajstić information content (AvgIpc) is 4.18. The van der Waals surface area contributed by atoms with E-state index >= 15 is 0 Å². The van der Waals surface area contributed by atoms with Crippen LogP contribution in [0.3, 0.4) is 0 Å². The third-order valence-corrected chi connectivity index (χ3v) is 14.6. The summed E-state index contributed by atoms with van der Waals surface area (Å²) >= 11 is 0. The molecule has 0 fully saturated rings. The Labute approximate surface area is 403 Å². The molecule has 0 spiro atoms. The molecule has 0 bridgehead atoms. The van der Waals surface area contributed by atoms with E-state index in [0.29, 0.717) is 0 Å². The first kappa shape index (κ1) is 38.7. The number of rotatable bonds is 7. The number of fused-ring (bicyclic) bond motifs is 12. The Morgan fingerprint density at radius 2 is 0.771 bits per heavy atom. The molecule has 15 aromatic rings. The minimum atomic E-state index is 0.902. The lowest BCUT2D eigenvalue weighted by molar-refractivity contribution is 0.670. The Kier molecular flexibility index (Phi) is 8.33. The molecule has 0 unspecified atom stereocenters. The zero-order valence-corrected chi connectivity index (χ0v) is 37.9. The van der Waals surface area contributed by atoms with E-state index in [0.717, 1.165) is 55.8 Å².